The van der Waals surface area contributed by atoms with E-state index < -0.39 is 0 Å². The van der Waals surface area contributed by atoms with E-state index in [1.807, 2.05) is 0 Å². The Hall–Kier alpha value is -1.36. The summed E-state index contributed by atoms with van der Waals surface area (Å²) in [6.45, 7) is 3.79. The van der Waals surface area contributed by atoms with Gasteiger partial charge in [0.15, 0.2) is 5.82 Å². The third-order valence-electron chi connectivity index (χ3n) is 3.76. The van der Waals surface area contributed by atoms with E-state index in [1.165, 1.54) is 6.42 Å². The van der Waals surface area contributed by atoms with Gasteiger partial charge in [-0.05, 0) is 12.8 Å². The highest BCUT2D eigenvalue weighted by Gasteiger charge is 2.42. The second-order valence-corrected chi connectivity index (χ2v) is 4.86. The standard InChI is InChI=1S/C12H17N3O2/c1-16-11-10(13-4-5-14-11)15-6-2-12(8-15)3-7-17-9-12/h4-5H,2-3,6-9H2,1H3. The van der Waals surface area contributed by atoms with Crippen molar-refractivity contribution in [1.82, 2.24) is 9.97 Å². The number of ether oxygens (including phenoxy) is 2. The molecule has 5 nitrogen and oxygen atoms in total. The first-order valence-corrected chi connectivity index (χ1v) is 6.01. The highest BCUT2D eigenvalue weighted by molar-refractivity contribution is 5.49. The molecule has 5 heteroatoms. The van der Waals surface area contributed by atoms with Crippen LogP contribution in [0.3, 0.4) is 0 Å². The van der Waals surface area contributed by atoms with Gasteiger partial charge in [-0.2, -0.15) is 0 Å². The van der Waals surface area contributed by atoms with Crippen molar-refractivity contribution in [2.24, 2.45) is 5.41 Å². The number of nitrogens with zero attached hydrogens (tertiary/aromatic N) is 3. The Balaban J connectivity index is 1.82. The van der Waals surface area contributed by atoms with Crippen LogP contribution in [0.2, 0.25) is 0 Å². The summed E-state index contributed by atoms with van der Waals surface area (Å²) in [6.07, 6.45) is 5.71. The van der Waals surface area contributed by atoms with Crippen molar-refractivity contribution < 1.29 is 9.47 Å². The van der Waals surface area contributed by atoms with Gasteiger partial charge < -0.3 is 14.4 Å². The lowest BCUT2D eigenvalue weighted by atomic mass is 9.87. The second kappa shape index (κ2) is 4.14. The van der Waals surface area contributed by atoms with Crippen LogP contribution in [0, 0.1) is 5.41 Å². The summed E-state index contributed by atoms with van der Waals surface area (Å²) in [4.78, 5) is 10.8. The normalized spacial score (nSPS) is 27.9. The van der Waals surface area contributed by atoms with Crippen molar-refractivity contribution in [3.63, 3.8) is 0 Å². The molecule has 1 spiro atoms. The van der Waals surface area contributed by atoms with E-state index >= 15 is 0 Å². The molecule has 0 aromatic carbocycles. The monoisotopic (exact) mass is 235 g/mol. The highest BCUT2D eigenvalue weighted by atomic mass is 16.5. The molecule has 1 atom stereocenters. The topological polar surface area (TPSA) is 47.5 Å². The molecule has 2 fully saturated rings. The van der Waals surface area contributed by atoms with E-state index in [9.17, 15) is 0 Å². The minimum Gasteiger partial charge on any atom is -0.478 e. The third-order valence-corrected chi connectivity index (χ3v) is 3.76. The first kappa shape index (κ1) is 10.8. The Morgan fingerprint density at radius 3 is 3.00 bits per heavy atom. The lowest BCUT2D eigenvalue weighted by molar-refractivity contribution is 0.160. The Bertz CT molecular complexity index is 404. The summed E-state index contributed by atoms with van der Waals surface area (Å²) in [7, 11) is 1.64. The molecule has 1 aromatic heterocycles. The Morgan fingerprint density at radius 1 is 1.35 bits per heavy atom. The van der Waals surface area contributed by atoms with Gasteiger partial charge in [-0.25, -0.2) is 9.97 Å². The lowest BCUT2D eigenvalue weighted by Crippen LogP contribution is -2.28. The zero-order chi connectivity index (χ0) is 11.7. The van der Waals surface area contributed by atoms with Crippen LogP contribution in [0.25, 0.3) is 0 Å². The first-order valence-electron chi connectivity index (χ1n) is 6.01. The zero-order valence-electron chi connectivity index (χ0n) is 10.1. The van der Waals surface area contributed by atoms with Crippen molar-refractivity contribution in [2.75, 3.05) is 38.3 Å². The predicted molar refractivity (Wildman–Crippen MR) is 63.3 cm³/mol. The van der Waals surface area contributed by atoms with Crippen molar-refractivity contribution in [2.45, 2.75) is 12.8 Å². The minimum absolute atomic E-state index is 0.336. The van der Waals surface area contributed by atoms with Crippen LogP contribution in [0.15, 0.2) is 12.4 Å². The Labute approximate surface area is 101 Å². The fourth-order valence-corrected chi connectivity index (χ4v) is 2.77. The first-order chi connectivity index (χ1) is 8.33. The van der Waals surface area contributed by atoms with Gasteiger partial charge in [-0.15, -0.1) is 0 Å². The van der Waals surface area contributed by atoms with Crippen molar-refractivity contribution in [3.8, 4) is 5.88 Å². The van der Waals surface area contributed by atoms with Crippen LogP contribution in [0.1, 0.15) is 12.8 Å². The fourth-order valence-electron chi connectivity index (χ4n) is 2.77. The van der Waals surface area contributed by atoms with E-state index in [2.05, 4.69) is 14.9 Å². The SMILES string of the molecule is COc1nccnc1N1CCC2(CCOC2)C1. The summed E-state index contributed by atoms with van der Waals surface area (Å²) >= 11 is 0. The molecule has 2 aliphatic rings. The van der Waals surface area contributed by atoms with Crippen LogP contribution in [-0.4, -0.2) is 43.4 Å². The molecule has 0 amide bonds. The molecular weight excluding hydrogens is 218 g/mol. The molecule has 92 valence electrons. The molecule has 2 aliphatic heterocycles. The van der Waals surface area contributed by atoms with Gasteiger partial charge in [0.05, 0.1) is 13.7 Å². The van der Waals surface area contributed by atoms with Crippen molar-refractivity contribution >= 4 is 5.82 Å². The molecular formula is C12H17N3O2. The number of aromatic nitrogens is 2. The molecule has 0 aliphatic carbocycles. The van der Waals surface area contributed by atoms with E-state index in [0.29, 0.717) is 11.3 Å². The molecule has 0 radical (unpaired) electrons. The van der Waals surface area contributed by atoms with Gasteiger partial charge in [0.25, 0.3) is 5.88 Å². The number of anilines is 1. The molecule has 2 saturated heterocycles. The van der Waals surface area contributed by atoms with Gasteiger partial charge in [-0.3, -0.25) is 0 Å². The smallest absolute Gasteiger partial charge is 0.257 e. The van der Waals surface area contributed by atoms with E-state index in [4.69, 9.17) is 9.47 Å². The van der Waals surface area contributed by atoms with Crippen LogP contribution < -0.4 is 9.64 Å². The maximum atomic E-state index is 5.53. The summed E-state index contributed by atoms with van der Waals surface area (Å²) in [5.74, 6) is 1.47. The molecule has 0 bridgehead atoms. The summed E-state index contributed by atoms with van der Waals surface area (Å²) in [6, 6.07) is 0. The number of rotatable bonds is 2. The lowest BCUT2D eigenvalue weighted by Gasteiger charge is -2.23. The van der Waals surface area contributed by atoms with Crippen molar-refractivity contribution in [1.29, 1.82) is 0 Å². The average Bonchev–Trinajstić information content (AvgIpc) is 3.00. The highest BCUT2D eigenvalue weighted by Crippen LogP contribution is 2.40. The average molecular weight is 235 g/mol. The Kier molecular flexibility index (Phi) is 2.63. The molecule has 3 rings (SSSR count). The molecule has 0 saturated carbocycles. The van der Waals surface area contributed by atoms with Crippen LogP contribution in [0.5, 0.6) is 5.88 Å². The van der Waals surface area contributed by atoms with Crippen LogP contribution in [0.4, 0.5) is 5.82 Å². The minimum atomic E-state index is 0.336. The molecule has 0 N–H and O–H groups in total. The van der Waals surface area contributed by atoms with Crippen LogP contribution in [-0.2, 0) is 4.74 Å². The van der Waals surface area contributed by atoms with Gasteiger partial charge in [0.2, 0.25) is 0 Å². The number of methoxy groups -OCH3 is 1. The summed E-state index contributed by atoms with van der Waals surface area (Å²) in [5, 5.41) is 0. The predicted octanol–water partition coefficient (Wildman–Crippen LogP) is 1.10. The van der Waals surface area contributed by atoms with E-state index in [1.54, 1.807) is 19.5 Å². The number of hydrogen-bond acceptors (Lipinski definition) is 5. The third kappa shape index (κ3) is 1.84. The molecule has 1 unspecified atom stereocenters. The maximum absolute atomic E-state index is 5.53. The Morgan fingerprint density at radius 2 is 2.24 bits per heavy atom. The zero-order valence-corrected chi connectivity index (χ0v) is 10.1. The summed E-state index contributed by atoms with van der Waals surface area (Å²) < 4.78 is 10.8. The van der Waals surface area contributed by atoms with E-state index in [-0.39, 0.29) is 0 Å². The largest absolute Gasteiger partial charge is 0.478 e. The van der Waals surface area contributed by atoms with Gasteiger partial charge in [-0.1, -0.05) is 0 Å². The van der Waals surface area contributed by atoms with E-state index in [0.717, 1.165) is 38.5 Å². The summed E-state index contributed by atoms with van der Waals surface area (Å²) in [5.41, 5.74) is 0.336. The van der Waals surface area contributed by atoms with Gasteiger partial charge >= 0.3 is 0 Å². The second-order valence-electron chi connectivity index (χ2n) is 4.86. The maximum Gasteiger partial charge on any atom is 0.257 e. The fraction of sp³-hybridized carbons (Fsp3) is 0.667. The molecule has 17 heavy (non-hydrogen) atoms. The number of hydrogen-bond donors (Lipinski definition) is 0. The molecule has 1 aromatic rings. The van der Waals surface area contributed by atoms with Crippen LogP contribution >= 0.6 is 0 Å². The molecule has 3 heterocycles. The van der Waals surface area contributed by atoms with Crippen molar-refractivity contribution in [3.05, 3.63) is 12.4 Å². The van der Waals surface area contributed by atoms with Gasteiger partial charge in [0, 0.05) is 37.5 Å². The quantitative estimate of drug-likeness (QED) is 0.768. The van der Waals surface area contributed by atoms with Gasteiger partial charge in [0.1, 0.15) is 0 Å².